The van der Waals surface area contributed by atoms with Gasteiger partial charge in [0.25, 0.3) is 0 Å². The zero-order valence-electron chi connectivity index (χ0n) is 12.0. The van der Waals surface area contributed by atoms with Crippen molar-refractivity contribution in [3.8, 4) is 0 Å². The lowest BCUT2D eigenvalue weighted by atomic mass is 10.1. The van der Waals surface area contributed by atoms with Crippen LogP contribution in [0.3, 0.4) is 0 Å². The molecule has 0 unspecified atom stereocenters. The Balaban J connectivity index is 1.77. The Morgan fingerprint density at radius 1 is 0.944 bits per heavy atom. The van der Waals surface area contributed by atoms with Crippen LogP contribution in [0.4, 0.5) is 0 Å². The minimum absolute atomic E-state index is 0.728. The number of unbranched alkanes of at least 4 members (excludes halogenated alkanes) is 9. The summed E-state index contributed by atoms with van der Waals surface area (Å²) in [4.78, 5) is 6.39. The fourth-order valence-electron chi connectivity index (χ4n) is 2.45. The summed E-state index contributed by atoms with van der Waals surface area (Å²) in [6.07, 6.45) is 13.9. The molecule has 0 saturated heterocycles. The Morgan fingerprint density at radius 2 is 1.50 bits per heavy atom. The topological polar surface area (TPSA) is 15.6 Å². The van der Waals surface area contributed by atoms with Crippen LogP contribution in [-0.2, 0) is 0 Å². The Kier molecular flexibility index (Phi) is 9.37. The molecule has 1 aliphatic heterocycles. The first-order valence-corrected chi connectivity index (χ1v) is 8.17. The van der Waals surface area contributed by atoms with E-state index in [0.717, 1.165) is 24.9 Å². The normalized spacial score (nSPS) is 15.2. The molecule has 18 heavy (non-hydrogen) atoms. The average molecular weight is 273 g/mol. The molecule has 2 nitrogen and oxygen atoms in total. The largest absolute Gasteiger partial charge is 0.345 e. The van der Waals surface area contributed by atoms with Gasteiger partial charge in [-0.25, -0.2) is 0 Å². The molecule has 1 rings (SSSR count). The maximum Gasteiger partial charge on any atom is 0.194 e. The second-order valence-electron chi connectivity index (χ2n) is 5.32. The van der Waals surface area contributed by atoms with Gasteiger partial charge in [-0.15, -0.1) is 0 Å². The van der Waals surface area contributed by atoms with Gasteiger partial charge in [-0.2, -0.15) is 0 Å². The van der Waals surface area contributed by atoms with Crippen LogP contribution in [0, 0.1) is 0 Å². The summed E-state index contributed by atoms with van der Waals surface area (Å²) < 4.78 is 0. The maximum absolute atomic E-state index is 5.98. The Morgan fingerprint density at radius 3 is 2.00 bits per heavy atom. The van der Waals surface area contributed by atoms with E-state index < -0.39 is 0 Å². The molecule has 0 radical (unpaired) electrons. The third kappa shape index (κ3) is 7.25. The van der Waals surface area contributed by atoms with Gasteiger partial charge in [0.05, 0.1) is 6.54 Å². The third-order valence-corrected chi connectivity index (χ3v) is 4.01. The first-order chi connectivity index (χ1) is 8.84. The molecule has 0 aliphatic carbocycles. The number of halogens is 1. The predicted octanol–water partition coefficient (Wildman–Crippen LogP) is 4.82. The molecule has 0 fully saturated rings. The fraction of sp³-hybridized carbons (Fsp3) is 0.933. The average Bonchev–Trinajstić information content (AvgIpc) is 2.77. The lowest BCUT2D eigenvalue weighted by Gasteiger charge is -2.15. The van der Waals surface area contributed by atoms with Crippen molar-refractivity contribution >= 4 is 16.9 Å². The van der Waals surface area contributed by atoms with Crippen molar-refractivity contribution < 1.29 is 0 Å². The highest BCUT2D eigenvalue weighted by molar-refractivity contribution is 6.64. The molecule has 0 bridgehead atoms. The highest BCUT2D eigenvalue weighted by Crippen LogP contribution is 2.12. The second-order valence-corrected chi connectivity index (χ2v) is 5.66. The Hall–Kier alpha value is -0.240. The monoisotopic (exact) mass is 272 g/mol. The number of amidine groups is 1. The van der Waals surface area contributed by atoms with Crippen molar-refractivity contribution in [1.29, 1.82) is 0 Å². The van der Waals surface area contributed by atoms with Crippen LogP contribution in [0.2, 0.25) is 0 Å². The van der Waals surface area contributed by atoms with E-state index in [1.54, 1.807) is 0 Å². The van der Waals surface area contributed by atoms with E-state index in [1.807, 2.05) is 0 Å². The molecule has 0 aromatic carbocycles. The van der Waals surface area contributed by atoms with Crippen LogP contribution < -0.4 is 0 Å². The summed E-state index contributed by atoms with van der Waals surface area (Å²) in [6, 6.07) is 0. The number of hydrogen-bond acceptors (Lipinski definition) is 2. The summed E-state index contributed by atoms with van der Waals surface area (Å²) in [5, 5.41) is 0.728. The molecule has 0 amide bonds. The van der Waals surface area contributed by atoms with Crippen molar-refractivity contribution in [2.24, 2.45) is 4.99 Å². The zero-order chi connectivity index (χ0) is 13.1. The molecular formula is C15H29ClN2. The van der Waals surface area contributed by atoms with Crippen molar-refractivity contribution in [1.82, 2.24) is 4.90 Å². The number of rotatable bonds is 11. The molecule has 0 spiro atoms. The van der Waals surface area contributed by atoms with Gasteiger partial charge in [0.1, 0.15) is 0 Å². The molecule has 0 atom stereocenters. The van der Waals surface area contributed by atoms with Gasteiger partial charge >= 0.3 is 0 Å². The summed E-state index contributed by atoms with van der Waals surface area (Å²) in [5.41, 5.74) is 0. The van der Waals surface area contributed by atoms with Gasteiger partial charge in [0, 0.05) is 13.1 Å². The lowest BCUT2D eigenvalue weighted by molar-refractivity contribution is 0.435. The fourth-order valence-corrected chi connectivity index (χ4v) is 2.70. The highest BCUT2D eigenvalue weighted by Gasteiger charge is 2.12. The SMILES string of the molecule is CCCCCCCCCCCCN1CCN=C1Cl. The summed E-state index contributed by atoms with van der Waals surface area (Å²) in [6.45, 7) is 5.28. The van der Waals surface area contributed by atoms with Crippen LogP contribution in [0.5, 0.6) is 0 Å². The van der Waals surface area contributed by atoms with Gasteiger partial charge < -0.3 is 4.90 Å². The van der Waals surface area contributed by atoms with E-state index in [9.17, 15) is 0 Å². The summed E-state index contributed by atoms with van der Waals surface area (Å²) in [7, 11) is 0. The lowest BCUT2D eigenvalue weighted by Crippen LogP contribution is -2.25. The number of hydrogen-bond donors (Lipinski definition) is 0. The van der Waals surface area contributed by atoms with Crippen molar-refractivity contribution in [2.45, 2.75) is 71.1 Å². The minimum atomic E-state index is 0.728. The molecule has 1 heterocycles. The van der Waals surface area contributed by atoms with Crippen molar-refractivity contribution in [3.63, 3.8) is 0 Å². The van der Waals surface area contributed by atoms with Crippen molar-refractivity contribution in [2.75, 3.05) is 19.6 Å². The van der Waals surface area contributed by atoms with E-state index in [-0.39, 0.29) is 0 Å². The van der Waals surface area contributed by atoms with Gasteiger partial charge in [0.2, 0.25) is 0 Å². The van der Waals surface area contributed by atoms with Crippen LogP contribution in [0.25, 0.3) is 0 Å². The van der Waals surface area contributed by atoms with Crippen LogP contribution >= 0.6 is 11.6 Å². The van der Waals surface area contributed by atoms with E-state index in [0.29, 0.717) is 0 Å². The smallest absolute Gasteiger partial charge is 0.194 e. The Bertz CT molecular complexity index is 229. The highest BCUT2D eigenvalue weighted by atomic mass is 35.5. The third-order valence-electron chi connectivity index (χ3n) is 3.65. The maximum atomic E-state index is 5.98. The van der Waals surface area contributed by atoms with Gasteiger partial charge in [-0.05, 0) is 18.0 Å². The number of aliphatic imine (C=N–C) groups is 1. The first kappa shape index (κ1) is 15.8. The molecule has 3 heteroatoms. The van der Waals surface area contributed by atoms with E-state index in [4.69, 9.17) is 11.6 Å². The van der Waals surface area contributed by atoms with Gasteiger partial charge in [-0.1, -0.05) is 64.7 Å². The molecule has 0 aromatic rings. The molecular weight excluding hydrogens is 244 g/mol. The predicted molar refractivity (Wildman–Crippen MR) is 81.6 cm³/mol. The molecule has 106 valence electrons. The van der Waals surface area contributed by atoms with E-state index in [2.05, 4.69) is 16.8 Å². The molecule has 0 N–H and O–H groups in total. The van der Waals surface area contributed by atoms with Crippen LogP contribution in [-0.4, -0.2) is 29.8 Å². The summed E-state index contributed by atoms with van der Waals surface area (Å²) >= 11 is 5.98. The van der Waals surface area contributed by atoms with E-state index in [1.165, 1.54) is 64.2 Å². The molecule has 1 aliphatic rings. The standard InChI is InChI=1S/C15H29ClN2/c1-2-3-4-5-6-7-8-9-10-11-13-18-14-12-17-15(18)16/h2-14H2,1H3. The quantitative estimate of drug-likeness (QED) is 0.389. The van der Waals surface area contributed by atoms with Crippen LogP contribution in [0.1, 0.15) is 71.1 Å². The number of nitrogens with zero attached hydrogens (tertiary/aromatic N) is 2. The molecule has 0 aromatic heterocycles. The zero-order valence-corrected chi connectivity index (χ0v) is 12.7. The van der Waals surface area contributed by atoms with Crippen LogP contribution in [0.15, 0.2) is 4.99 Å². The minimum Gasteiger partial charge on any atom is -0.345 e. The van der Waals surface area contributed by atoms with Crippen molar-refractivity contribution in [3.05, 3.63) is 0 Å². The van der Waals surface area contributed by atoms with Gasteiger partial charge in [-0.3, -0.25) is 4.99 Å². The van der Waals surface area contributed by atoms with Gasteiger partial charge in [0.15, 0.2) is 5.29 Å². The molecule has 0 saturated carbocycles. The summed E-state index contributed by atoms with van der Waals surface area (Å²) in [5.74, 6) is 0. The first-order valence-electron chi connectivity index (χ1n) is 7.79. The Labute approximate surface area is 118 Å². The van der Waals surface area contributed by atoms with E-state index >= 15 is 0 Å². The second kappa shape index (κ2) is 10.7.